The van der Waals surface area contributed by atoms with Gasteiger partial charge in [-0.3, -0.25) is 0 Å². The van der Waals surface area contributed by atoms with Crippen LogP contribution in [0.1, 0.15) is 18.6 Å². The van der Waals surface area contributed by atoms with Gasteiger partial charge < -0.3 is 15.5 Å². The molecule has 15 heavy (non-hydrogen) atoms. The van der Waals surface area contributed by atoms with Crippen LogP contribution in [0.2, 0.25) is 0 Å². The maximum absolute atomic E-state index is 9.37. The van der Waals surface area contributed by atoms with E-state index in [1.807, 2.05) is 24.3 Å². The normalized spacial score (nSPS) is 14.7. The van der Waals surface area contributed by atoms with Gasteiger partial charge >= 0.3 is 0 Å². The number of rotatable bonds is 5. The molecule has 1 aromatic rings. The van der Waals surface area contributed by atoms with E-state index in [4.69, 9.17) is 11.6 Å². The molecule has 0 saturated heterocycles. The lowest BCUT2D eigenvalue weighted by atomic mass is 10.1. The van der Waals surface area contributed by atoms with Crippen LogP contribution in [0, 0.1) is 0 Å². The van der Waals surface area contributed by atoms with Gasteiger partial charge in [0.1, 0.15) is 0 Å². The third-order valence-electron chi connectivity index (χ3n) is 2.09. The zero-order chi connectivity index (χ0) is 11.3. The highest BCUT2D eigenvalue weighted by molar-refractivity contribution is 6.18. The summed E-state index contributed by atoms with van der Waals surface area (Å²) in [5.74, 6) is 0.211. The van der Waals surface area contributed by atoms with Crippen LogP contribution in [-0.2, 0) is 0 Å². The largest absolute Gasteiger partial charge is 0.390 e. The maximum Gasteiger partial charge on any atom is 0.0847 e. The van der Waals surface area contributed by atoms with Gasteiger partial charge in [-0.2, -0.15) is 0 Å². The summed E-state index contributed by atoms with van der Waals surface area (Å²) in [4.78, 5) is 0. The Hall–Kier alpha value is -0.770. The minimum atomic E-state index is -0.554. The summed E-state index contributed by atoms with van der Waals surface area (Å²) in [5.41, 5.74) is 1.72. The first kappa shape index (κ1) is 12.3. The van der Waals surface area contributed by atoms with Crippen molar-refractivity contribution in [2.24, 2.45) is 0 Å². The van der Waals surface area contributed by atoms with Crippen molar-refractivity contribution in [2.45, 2.75) is 19.1 Å². The lowest BCUT2D eigenvalue weighted by Gasteiger charge is -2.12. The molecule has 0 aliphatic rings. The Balaban J connectivity index is 2.58. The van der Waals surface area contributed by atoms with Crippen molar-refractivity contribution >= 4 is 17.3 Å². The van der Waals surface area contributed by atoms with Crippen LogP contribution >= 0.6 is 11.6 Å². The number of hydrogen-bond acceptors (Lipinski definition) is 3. The van der Waals surface area contributed by atoms with Crippen molar-refractivity contribution in [1.29, 1.82) is 0 Å². The van der Waals surface area contributed by atoms with E-state index in [2.05, 4.69) is 5.32 Å². The first-order chi connectivity index (χ1) is 7.13. The Morgan fingerprint density at radius 1 is 1.40 bits per heavy atom. The second-order valence-electron chi connectivity index (χ2n) is 3.49. The van der Waals surface area contributed by atoms with E-state index in [-0.39, 0.29) is 5.88 Å². The number of nitrogens with one attached hydrogen (secondary N) is 1. The third-order valence-corrected chi connectivity index (χ3v) is 2.45. The van der Waals surface area contributed by atoms with E-state index in [0.717, 1.165) is 11.3 Å². The quantitative estimate of drug-likeness (QED) is 0.675. The molecule has 0 amide bonds. The molecule has 0 bridgehead atoms. The highest BCUT2D eigenvalue weighted by atomic mass is 35.5. The molecule has 3 nitrogen and oxygen atoms in total. The molecule has 0 spiro atoms. The van der Waals surface area contributed by atoms with Gasteiger partial charge in [-0.1, -0.05) is 12.1 Å². The molecule has 0 heterocycles. The number of aliphatic hydroxyl groups excluding tert-OH is 2. The van der Waals surface area contributed by atoms with Crippen molar-refractivity contribution < 1.29 is 10.2 Å². The fraction of sp³-hybridized carbons (Fsp3) is 0.455. The lowest BCUT2D eigenvalue weighted by Crippen LogP contribution is -2.20. The molecule has 0 aromatic heterocycles. The summed E-state index contributed by atoms with van der Waals surface area (Å²) in [6, 6.07) is 7.45. The van der Waals surface area contributed by atoms with Crippen molar-refractivity contribution in [3.63, 3.8) is 0 Å². The maximum atomic E-state index is 9.37. The monoisotopic (exact) mass is 229 g/mol. The smallest absolute Gasteiger partial charge is 0.0847 e. The molecule has 2 unspecified atom stereocenters. The topological polar surface area (TPSA) is 52.5 Å². The molecule has 3 N–H and O–H groups in total. The predicted molar refractivity (Wildman–Crippen MR) is 62.3 cm³/mol. The molecular formula is C11H16ClNO2. The summed E-state index contributed by atoms with van der Waals surface area (Å²) in [6.45, 7) is 2.12. The second kappa shape index (κ2) is 5.95. The number of hydrogen-bond donors (Lipinski definition) is 3. The van der Waals surface area contributed by atoms with Crippen LogP contribution in [0.25, 0.3) is 0 Å². The zero-order valence-electron chi connectivity index (χ0n) is 8.65. The molecule has 1 aromatic carbocycles. The van der Waals surface area contributed by atoms with E-state index < -0.39 is 12.2 Å². The molecule has 0 fully saturated rings. The third kappa shape index (κ3) is 4.08. The van der Waals surface area contributed by atoms with Crippen LogP contribution in [0.15, 0.2) is 24.3 Å². The minimum absolute atomic E-state index is 0.211. The molecule has 0 saturated carbocycles. The molecule has 1 rings (SSSR count). The van der Waals surface area contributed by atoms with Gasteiger partial charge in [0.05, 0.1) is 18.1 Å². The Kier molecular flexibility index (Phi) is 4.88. The molecule has 0 radical (unpaired) electrons. The van der Waals surface area contributed by atoms with Crippen LogP contribution in [-0.4, -0.2) is 28.7 Å². The van der Waals surface area contributed by atoms with Gasteiger partial charge in [0.25, 0.3) is 0 Å². The number of anilines is 1. The first-order valence-electron chi connectivity index (χ1n) is 4.89. The van der Waals surface area contributed by atoms with Crippen molar-refractivity contribution in [3.05, 3.63) is 29.8 Å². The Labute approximate surface area is 94.7 Å². The fourth-order valence-electron chi connectivity index (χ4n) is 1.20. The number of aliphatic hydroxyl groups is 2. The molecule has 2 atom stereocenters. The first-order valence-corrected chi connectivity index (χ1v) is 5.43. The number of halogens is 1. The van der Waals surface area contributed by atoms with Gasteiger partial charge in [0, 0.05) is 12.2 Å². The Bertz CT molecular complexity index is 304. The van der Waals surface area contributed by atoms with Crippen LogP contribution in [0.4, 0.5) is 5.69 Å². The summed E-state index contributed by atoms with van der Waals surface area (Å²) < 4.78 is 0. The van der Waals surface area contributed by atoms with Gasteiger partial charge in [0.15, 0.2) is 0 Å². The van der Waals surface area contributed by atoms with E-state index in [1.54, 1.807) is 6.92 Å². The van der Waals surface area contributed by atoms with E-state index >= 15 is 0 Å². The van der Waals surface area contributed by atoms with Crippen LogP contribution in [0.5, 0.6) is 0 Å². The number of benzene rings is 1. The fourth-order valence-corrected chi connectivity index (χ4v) is 1.31. The Morgan fingerprint density at radius 2 is 2.13 bits per heavy atom. The van der Waals surface area contributed by atoms with Crippen LogP contribution in [0.3, 0.4) is 0 Å². The molecule has 84 valence electrons. The zero-order valence-corrected chi connectivity index (χ0v) is 9.41. The summed E-state index contributed by atoms with van der Waals surface area (Å²) in [5, 5.41) is 21.7. The van der Waals surface area contributed by atoms with Gasteiger partial charge in [-0.15, -0.1) is 11.6 Å². The summed E-state index contributed by atoms with van der Waals surface area (Å²) >= 11 is 5.47. The highest BCUT2D eigenvalue weighted by Gasteiger charge is 2.03. The van der Waals surface area contributed by atoms with E-state index in [0.29, 0.717) is 6.54 Å². The van der Waals surface area contributed by atoms with E-state index in [1.165, 1.54) is 0 Å². The van der Waals surface area contributed by atoms with Crippen molar-refractivity contribution in [1.82, 2.24) is 0 Å². The Morgan fingerprint density at radius 3 is 2.73 bits per heavy atom. The minimum Gasteiger partial charge on any atom is -0.390 e. The number of alkyl halides is 1. The molecule has 4 heteroatoms. The molecule has 0 aliphatic heterocycles. The summed E-state index contributed by atoms with van der Waals surface area (Å²) in [7, 11) is 0. The lowest BCUT2D eigenvalue weighted by molar-refractivity contribution is 0.199. The van der Waals surface area contributed by atoms with Crippen molar-refractivity contribution in [2.75, 3.05) is 17.7 Å². The van der Waals surface area contributed by atoms with Gasteiger partial charge in [-0.25, -0.2) is 0 Å². The molecular weight excluding hydrogens is 214 g/mol. The summed E-state index contributed by atoms with van der Waals surface area (Å²) in [6.07, 6.45) is -1.04. The average molecular weight is 230 g/mol. The highest BCUT2D eigenvalue weighted by Crippen LogP contribution is 2.16. The van der Waals surface area contributed by atoms with Gasteiger partial charge in [-0.05, 0) is 24.6 Å². The second-order valence-corrected chi connectivity index (χ2v) is 3.80. The van der Waals surface area contributed by atoms with Crippen molar-refractivity contribution in [3.8, 4) is 0 Å². The van der Waals surface area contributed by atoms with E-state index in [9.17, 15) is 10.2 Å². The van der Waals surface area contributed by atoms with Gasteiger partial charge in [0.2, 0.25) is 0 Å². The predicted octanol–water partition coefficient (Wildman–Crippen LogP) is 1.75. The molecule has 0 aliphatic carbocycles. The van der Waals surface area contributed by atoms with Crippen LogP contribution < -0.4 is 5.32 Å². The SMILES string of the molecule is CC(O)c1cccc(NCC(O)CCl)c1. The average Bonchev–Trinajstić information content (AvgIpc) is 2.26. The standard InChI is InChI=1S/C11H16ClNO2/c1-8(14)9-3-2-4-10(5-9)13-7-11(15)6-12/h2-5,8,11,13-15H,6-7H2,1H3.